The maximum Gasteiger partial charge on any atom is 0.0892 e. The topological polar surface area (TPSA) is 24.4 Å². The van der Waals surface area contributed by atoms with E-state index in [9.17, 15) is 0 Å². The maximum absolute atomic E-state index is 4.29. The summed E-state index contributed by atoms with van der Waals surface area (Å²) in [6.07, 6.45) is 1.81. The van der Waals surface area contributed by atoms with Crippen LogP contribution in [0, 0.1) is 5.41 Å². The minimum absolute atomic E-state index is 0.242. The second-order valence-corrected chi connectivity index (χ2v) is 5.34. The van der Waals surface area contributed by atoms with Crippen LogP contribution in [0.5, 0.6) is 0 Å². The van der Waals surface area contributed by atoms with Crippen LogP contribution in [0.25, 0.3) is 0 Å². The van der Waals surface area contributed by atoms with Crippen molar-refractivity contribution in [3.63, 3.8) is 0 Å². The van der Waals surface area contributed by atoms with Crippen molar-refractivity contribution >= 4 is 23.4 Å². The van der Waals surface area contributed by atoms with Gasteiger partial charge in [0.25, 0.3) is 0 Å². The molecule has 70 valence electrons. The molecule has 1 atom stereocenters. The fraction of sp³-hybridized carbons (Fsp3) is 0.500. The summed E-state index contributed by atoms with van der Waals surface area (Å²) >= 11 is 1.78. The van der Waals surface area contributed by atoms with Gasteiger partial charge in [-0.2, -0.15) is 0 Å². The van der Waals surface area contributed by atoms with Gasteiger partial charge in [-0.1, -0.05) is 20.8 Å². The van der Waals surface area contributed by atoms with E-state index in [1.165, 1.54) is 4.88 Å². The lowest BCUT2D eigenvalue weighted by molar-refractivity contribution is 0.307. The van der Waals surface area contributed by atoms with Crippen molar-refractivity contribution in [3.8, 4) is 0 Å². The number of rotatable bonds is 0. The molecular formula is C10H14N2S. The van der Waals surface area contributed by atoms with Gasteiger partial charge in [-0.15, -0.1) is 11.3 Å². The Morgan fingerprint density at radius 3 is 2.92 bits per heavy atom. The van der Waals surface area contributed by atoms with Crippen molar-refractivity contribution in [2.75, 3.05) is 0 Å². The third kappa shape index (κ3) is 1.48. The third-order valence-electron chi connectivity index (χ3n) is 2.25. The Kier molecular flexibility index (Phi) is 1.91. The smallest absolute Gasteiger partial charge is 0.0892 e. The lowest BCUT2D eigenvalue weighted by atomic mass is 9.85. The van der Waals surface area contributed by atoms with Crippen molar-refractivity contribution < 1.29 is 0 Å². The monoisotopic (exact) mass is 194 g/mol. The lowest BCUT2D eigenvalue weighted by Gasteiger charge is -2.32. The van der Waals surface area contributed by atoms with Gasteiger partial charge in [-0.3, -0.25) is 0 Å². The van der Waals surface area contributed by atoms with Gasteiger partial charge in [-0.05, 0) is 16.9 Å². The van der Waals surface area contributed by atoms with E-state index in [0.717, 1.165) is 5.69 Å². The molecule has 1 aliphatic heterocycles. The van der Waals surface area contributed by atoms with Gasteiger partial charge < -0.3 is 5.32 Å². The number of nitrogens with zero attached hydrogens (tertiary/aromatic N) is 1. The highest BCUT2D eigenvalue weighted by Gasteiger charge is 2.29. The predicted molar refractivity (Wildman–Crippen MR) is 57.8 cm³/mol. The van der Waals surface area contributed by atoms with E-state index in [-0.39, 0.29) is 5.41 Å². The van der Waals surface area contributed by atoms with E-state index < -0.39 is 0 Å². The van der Waals surface area contributed by atoms with E-state index in [4.69, 9.17) is 0 Å². The fourth-order valence-corrected chi connectivity index (χ4v) is 2.68. The van der Waals surface area contributed by atoms with Crippen LogP contribution in [0.15, 0.2) is 16.4 Å². The van der Waals surface area contributed by atoms with Gasteiger partial charge in [-0.25, -0.2) is 4.99 Å². The zero-order valence-corrected chi connectivity index (χ0v) is 8.98. The molecule has 0 aliphatic carbocycles. The second-order valence-electron chi connectivity index (χ2n) is 4.39. The van der Waals surface area contributed by atoms with Crippen LogP contribution in [-0.2, 0) is 0 Å². The Balaban J connectivity index is 2.41. The number of fused-ring (bicyclic) bond motifs is 1. The standard InChI is InChI=1S/C10H14N2S/c1-10(2,3)9-8-7(4-5-13-8)11-6-12-9/h4-6,9H,1-3H3,(H,11,12). The second kappa shape index (κ2) is 2.84. The summed E-state index contributed by atoms with van der Waals surface area (Å²) < 4.78 is 0. The summed E-state index contributed by atoms with van der Waals surface area (Å²) in [5, 5.41) is 5.42. The quantitative estimate of drug-likeness (QED) is 0.674. The average molecular weight is 194 g/mol. The number of hydrogen-bond acceptors (Lipinski definition) is 3. The Morgan fingerprint density at radius 2 is 2.23 bits per heavy atom. The molecule has 1 aliphatic rings. The minimum Gasteiger partial charge on any atom is -0.368 e. The zero-order valence-electron chi connectivity index (χ0n) is 8.16. The SMILES string of the molecule is CC(C)(C)C1NC=Nc2ccsc21. The molecule has 1 aromatic rings. The Labute approximate surface area is 82.7 Å². The summed E-state index contributed by atoms with van der Waals surface area (Å²) in [5.41, 5.74) is 1.37. The van der Waals surface area contributed by atoms with E-state index >= 15 is 0 Å². The lowest BCUT2D eigenvalue weighted by Crippen LogP contribution is -2.32. The van der Waals surface area contributed by atoms with Crippen molar-refractivity contribution in [1.29, 1.82) is 0 Å². The van der Waals surface area contributed by atoms with Crippen LogP contribution in [0.3, 0.4) is 0 Å². The Bertz CT molecular complexity index is 333. The van der Waals surface area contributed by atoms with E-state index in [1.807, 2.05) is 6.34 Å². The molecule has 1 aromatic heterocycles. The molecule has 0 aromatic carbocycles. The van der Waals surface area contributed by atoms with E-state index in [2.05, 4.69) is 42.5 Å². The first-order valence-corrected chi connectivity index (χ1v) is 5.33. The Morgan fingerprint density at radius 1 is 1.46 bits per heavy atom. The molecule has 13 heavy (non-hydrogen) atoms. The molecule has 2 heterocycles. The van der Waals surface area contributed by atoms with Gasteiger partial charge in [0.1, 0.15) is 0 Å². The zero-order chi connectivity index (χ0) is 9.47. The van der Waals surface area contributed by atoms with Crippen LogP contribution in [0.1, 0.15) is 31.7 Å². The predicted octanol–water partition coefficient (Wildman–Crippen LogP) is 3.10. The summed E-state index contributed by atoms with van der Waals surface area (Å²) in [6, 6.07) is 2.48. The van der Waals surface area contributed by atoms with Crippen molar-refractivity contribution in [1.82, 2.24) is 5.32 Å². The highest BCUT2D eigenvalue weighted by atomic mass is 32.1. The van der Waals surface area contributed by atoms with Crippen molar-refractivity contribution in [2.45, 2.75) is 26.8 Å². The van der Waals surface area contributed by atoms with Crippen molar-refractivity contribution in [3.05, 3.63) is 16.3 Å². The molecule has 0 bridgehead atoms. The van der Waals surface area contributed by atoms with Gasteiger partial charge in [0.2, 0.25) is 0 Å². The molecular weight excluding hydrogens is 180 g/mol. The molecule has 0 spiro atoms. The van der Waals surface area contributed by atoms with Crippen molar-refractivity contribution in [2.24, 2.45) is 10.4 Å². The molecule has 0 amide bonds. The summed E-state index contributed by atoms with van der Waals surface area (Å²) in [4.78, 5) is 5.65. The first-order valence-electron chi connectivity index (χ1n) is 4.45. The molecule has 2 rings (SSSR count). The van der Waals surface area contributed by atoms with Gasteiger partial charge in [0.05, 0.1) is 22.9 Å². The number of nitrogens with one attached hydrogen (secondary N) is 1. The third-order valence-corrected chi connectivity index (χ3v) is 3.22. The first-order chi connectivity index (χ1) is 6.09. The molecule has 0 saturated carbocycles. The highest BCUT2D eigenvalue weighted by Crippen LogP contribution is 2.41. The van der Waals surface area contributed by atoms with Crippen LogP contribution in [0.4, 0.5) is 5.69 Å². The van der Waals surface area contributed by atoms with Gasteiger partial charge in [0.15, 0.2) is 0 Å². The van der Waals surface area contributed by atoms with Gasteiger partial charge >= 0.3 is 0 Å². The number of hydrogen-bond donors (Lipinski definition) is 1. The average Bonchev–Trinajstić information content (AvgIpc) is 2.48. The molecule has 3 heteroatoms. The molecule has 0 saturated heterocycles. The first kappa shape index (κ1) is 8.75. The maximum atomic E-state index is 4.29. The van der Waals surface area contributed by atoms with E-state index in [1.54, 1.807) is 11.3 Å². The van der Waals surface area contributed by atoms with Crippen LogP contribution in [-0.4, -0.2) is 6.34 Å². The molecule has 1 N–H and O–H groups in total. The largest absolute Gasteiger partial charge is 0.368 e. The summed E-state index contributed by atoms with van der Waals surface area (Å²) in [6.45, 7) is 6.73. The normalized spacial score (nSPS) is 21.0. The van der Waals surface area contributed by atoms with E-state index in [0.29, 0.717) is 6.04 Å². The Hall–Kier alpha value is -0.830. The van der Waals surface area contributed by atoms with Gasteiger partial charge in [0, 0.05) is 0 Å². The molecule has 0 fully saturated rings. The summed E-state index contributed by atoms with van der Waals surface area (Å²) in [7, 11) is 0. The fourth-order valence-electron chi connectivity index (χ4n) is 1.54. The summed E-state index contributed by atoms with van der Waals surface area (Å²) in [5.74, 6) is 0. The number of aliphatic imine (C=N–C) groups is 1. The number of thiophene rings is 1. The van der Waals surface area contributed by atoms with Crippen LogP contribution < -0.4 is 5.32 Å². The molecule has 0 radical (unpaired) electrons. The highest BCUT2D eigenvalue weighted by molar-refractivity contribution is 7.10. The minimum atomic E-state index is 0.242. The molecule has 1 unspecified atom stereocenters. The molecule has 2 nitrogen and oxygen atoms in total. The van der Waals surface area contributed by atoms with Crippen LogP contribution in [0.2, 0.25) is 0 Å². The van der Waals surface area contributed by atoms with Crippen LogP contribution >= 0.6 is 11.3 Å².